The first-order chi connectivity index (χ1) is 7.68. The van der Waals surface area contributed by atoms with Gasteiger partial charge in [0.1, 0.15) is 11.5 Å². The van der Waals surface area contributed by atoms with Gasteiger partial charge in [-0.25, -0.2) is 8.78 Å². The minimum absolute atomic E-state index is 0.269. The molecular weight excluding hydrogens is 210 g/mol. The lowest BCUT2D eigenvalue weighted by Gasteiger charge is -2.30. The third-order valence-electron chi connectivity index (χ3n) is 2.87. The van der Waals surface area contributed by atoms with Crippen LogP contribution in [0.2, 0.25) is 0 Å². The molecule has 4 heteroatoms. The summed E-state index contributed by atoms with van der Waals surface area (Å²) < 4.78 is 26.8. The van der Waals surface area contributed by atoms with Gasteiger partial charge in [-0.3, -0.25) is 0 Å². The Morgan fingerprint density at radius 1 is 1.31 bits per heavy atom. The van der Waals surface area contributed by atoms with Gasteiger partial charge < -0.3 is 10.6 Å². The van der Waals surface area contributed by atoms with Crippen LogP contribution in [-0.2, 0) is 0 Å². The number of benzene rings is 1. The zero-order chi connectivity index (χ0) is 11.4. The summed E-state index contributed by atoms with van der Waals surface area (Å²) in [7, 11) is 0. The highest BCUT2D eigenvalue weighted by Crippen LogP contribution is 2.21. The van der Waals surface area contributed by atoms with Crippen LogP contribution in [0, 0.1) is 5.82 Å². The van der Waals surface area contributed by atoms with Crippen LogP contribution in [0.1, 0.15) is 12.8 Å². The van der Waals surface area contributed by atoms with Crippen LogP contribution in [0.15, 0.2) is 24.3 Å². The molecule has 1 fully saturated rings. The number of halogens is 2. The third-order valence-corrected chi connectivity index (χ3v) is 2.87. The highest BCUT2D eigenvalue weighted by Gasteiger charge is 2.31. The maximum absolute atomic E-state index is 14.1. The molecule has 1 aromatic carbocycles. The molecule has 2 nitrogen and oxygen atoms in total. The second-order valence-electron chi connectivity index (χ2n) is 4.29. The molecule has 2 rings (SSSR count). The van der Waals surface area contributed by atoms with Crippen molar-refractivity contribution in [2.24, 2.45) is 0 Å². The number of nitrogens with one attached hydrogen (secondary N) is 2. The average Bonchev–Trinajstić information content (AvgIpc) is 2.29. The summed E-state index contributed by atoms with van der Waals surface area (Å²) in [6.07, 6.45) is 1.44. The maximum Gasteiger partial charge on any atom is 0.140 e. The lowest BCUT2D eigenvalue weighted by molar-refractivity contribution is 0.137. The molecule has 88 valence electrons. The average molecular weight is 226 g/mol. The van der Waals surface area contributed by atoms with Gasteiger partial charge in [-0.15, -0.1) is 0 Å². The fraction of sp³-hybridized carbons (Fsp3) is 0.500. The van der Waals surface area contributed by atoms with Crippen molar-refractivity contribution >= 4 is 5.69 Å². The van der Waals surface area contributed by atoms with Crippen molar-refractivity contribution in [3.05, 3.63) is 30.1 Å². The number of anilines is 1. The van der Waals surface area contributed by atoms with Crippen molar-refractivity contribution < 1.29 is 8.78 Å². The second-order valence-corrected chi connectivity index (χ2v) is 4.29. The van der Waals surface area contributed by atoms with E-state index in [0.717, 1.165) is 18.7 Å². The Morgan fingerprint density at radius 3 is 2.69 bits per heavy atom. The molecule has 1 saturated heterocycles. The Hall–Kier alpha value is -1.16. The molecule has 0 bridgehead atoms. The van der Waals surface area contributed by atoms with E-state index in [1.54, 1.807) is 12.1 Å². The Kier molecular flexibility index (Phi) is 3.39. The quantitative estimate of drug-likeness (QED) is 0.826. The Balaban J connectivity index is 1.88. The normalized spacial score (nSPS) is 25.4. The van der Waals surface area contributed by atoms with Gasteiger partial charge in [-0.05, 0) is 43.7 Å². The van der Waals surface area contributed by atoms with Crippen LogP contribution in [0.3, 0.4) is 0 Å². The summed E-state index contributed by atoms with van der Waals surface area (Å²) >= 11 is 0. The van der Waals surface area contributed by atoms with Crippen molar-refractivity contribution in [1.82, 2.24) is 5.32 Å². The molecule has 1 aliphatic heterocycles. The predicted octanol–water partition coefficient (Wildman–Crippen LogP) is 2.33. The molecular formula is C12H16F2N2. The highest BCUT2D eigenvalue weighted by atomic mass is 19.1. The van der Waals surface area contributed by atoms with E-state index in [1.807, 2.05) is 0 Å². The first-order valence-electron chi connectivity index (χ1n) is 5.57. The lowest BCUT2D eigenvalue weighted by Crippen LogP contribution is -2.46. The van der Waals surface area contributed by atoms with E-state index in [0.29, 0.717) is 13.0 Å². The van der Waals surface area contributed by atoms with Crippen molar-refractivity contribution in [1.29, 1.82) is 0 Å². The molecule has 0 spiro atoms. The van der Waals surface area contributed by atoms with Crippen LogP contribution >= 0.6 is 0 Å². The summed E-state index contributed by atoms with van der Waals surface area (Å²) in [6.45, 7) is 1.55. The lowest BCUT2D eigenvalue weighted by atomic mass is 9.96. The highest BCUT2D eigenvalue weighted by molar-refractivity contribution is 5.43. The molecule has 1 heterocycles. The Morgan fingerprint density at radius 2 is 2.06 bits per heavy atom. The SMILES string of the molecule is Fc1ccc(NCC2(F)CCCNC2)cc1. The smallest absolute Gasteiger partial charge is 0.140 e. The topological polar surface area (TPSA) is 24.1 Å². The Labute approximate surface area is 94.0 Å². The fourth-order valence-corrected chi connectivity index (χ4v) is 1.91. The van der Waals surface area contributed by atoms with Crippen LogP contribution < -0.4 is 10.6 Å². The maximum atomic E-state index is 14.1. The molecule has 1 atom stereocenters. The first kappa shape index (κ1) is 11.3. The molecule has 0 radical (unpaired) electrons. The molecule has 0 amide bonds. The number of rotatable bonds is 3. The van der Waals surface area contributed by atoms with Gasteiger partial charge in [0.05, 0.1) is 6.54 Å². The van der Waals surface area contributed by atoms with Crippen LogP contribution in [-0.4, -0.2) is 25.3 Å². The van der Waals surface area contributed by atoms with Crippen LogP contribution in [0.5, 0.6) is 0 Å². The molecule has 16 heavy (non-hydrogen) atoms. The minimum atomic E-state index is -1.19. The van der Waals surface area contributed by atoms with Crippen molar-refractivity contribution in [3.63, 3.8) is 0 Å². The standard InChI is InChI=1S/C12H16F2N2/c13-10-2-4-11(5-3-10)16-9-12(14)6-1-7-15-8-12/h2-5,15-16H,1,6-9H2. The van der Waals surface area contributed by atoms with E-state index < -0.39 is 5.67 Å². The summed E-state index contributed by atoms with van der Waals surface area (Å²) in [5.41, 5.74) is -0.434. The number of hydrogen-bond acceptors (Lipinski definition) is 2. The van der Waals surface area contributed by atoms with E-state index >= 15 is 0 Å². The third kappa shape index (κ3) is 2.92. The minimum Gasteiger partial charge on any atom is -0.382 e. The van der Waals surface area contributed by atoms with Gasteiger partial charge >= 0.3 is 0 Å². The monoisotopic (exact) mass is 226 g/mol. The first-order valence-corrected chi connectivity index (χ1v) is 5.57. The second kappa shape index (κ2) is 4.78. The van der Waals surface area contributed by atoms with E-state index in [1.165, 1.54) is 12.1 Å². The zero-order valence-corrected chi connectivity index (χ0v) is 9.10. The molecule has 1 aliphatic rings. The number of piperidine rings is 1. The molecule has 2 N–H and O–H groups in total. The fourth-order valence-electron chi connectivity index (χ4n) is 1.91. The van der Waals surface area contributed by atoms with Crippen LogP contribution in [0.25, 0.3) is 0 Å². The van der Waals surface area contributed by atoms with Gasteiger partial charge in [-0.2, -0.15) is 0 Å². The predicted molar refractivity (Wildman–Crippen MR) is 60.8 cm³/mol. The summed E-state index contributed by atoms with van der Waals surface area (Å²) in [5.74, 6) is -0.278. The Bertz CT molecular complexity index is 331. The van der Waals surface area contributed by atoms with E-state index in [4.69, 9.17) is 0 Å². The van der Waals surface area contributed by atoms with Gasteiger partial charge in [-0.1, -0.05) is 0 Å². The molecule has 1 unspecified atom stereocenters. The summed E-state index contributed by atoms with van der Waals surface area (Å²) in [5, 5.41) is 6.05. The molecule has 0 aromatic heterocycles. The molecule has 0 saturated carbocycles. The number of alkyl halides is 1. The van der Waals surface area contributed by atoms with Crippen LogP contribution in [0.4, 0.5) is 14.5 Å². The summed E-state index contributed by atoms with van der Waals surface area (Å²) in [4.78, 5) is 0. The van der Waals surface area contributed by atoms with E-state index in [-0.39, 0.29) is 12.4 Å². The van der Waals surface area contributed by atoms with E-state index in [2.05, 4.69) is 10.6 Å². The van der Waals surface area contributed by atoms with Crippen molar-refractivity contribution in [2.75, 3.05) is 25.0 Å². The van der Waals surface area contributed by atoms with Gasteiger partial charge in [0, 0.05) is 12.2 Å². The summed E-state index contributed by atoms with van der Waals surface area (Å²) in [6, 6.07) is 5.97. The zero-order valence-electron chi connectivity index (χ0n) is 9.10. The van der Waals surface area contributed by atoms with Gasteiger partial charge in [0.25, 0.3) is 0 Å². The van der Waals surface area contributed by atoms with Gasteiger partial charge in [0.2, 0.25) is 0 Å². The molecule has 1 aromatic rings. The van der Waals surface area contributed by atoms with Crippen molar-refractivity contribution in [3.8, 4) is 0 Å². The molecule has 0 aliphatic carbocycles. The van der Waals surface area contributed by atoms with Gasteiger partial charge in [0.15, 0.2) is 0 Å². The largest absolute Gasteiger partial charge is 0.382 e. The van der Waals surface area contributed by atoms with E-state index in [9.17, 15) is 8.78 Å². The number of hydrogen-bond donors (Lipinski definition) is 2. The van der Waals surface area contributed by atoms with Crippen molar-refractivity contribution in [2.45, 2.75) is 18.5 Å².